The molecule has 0 radical (unpaired) electrons. The minimum Gasteiger partial charge on any atom is -0.465 e. The molecule has 3 aliphatic heterocycles. The van der Waals surface area contributed by atoms with Crippen LogP contribution in [0.4, 0.5) is 0 Å². The Labute approximate surface area is 409 Å². The Kier molecular flexibility index (Phi) is 17.2. The van der Waals surface area contributed by atoms with Crippen LogP contribution in [-0.2, 0) is 85.1 Å². The highest BCUT2D eigenvalue weighted by molar-refractivity contribution is 5.91. The van der Waals surface area contributed by atoms with Crippen molar-refractivity contribution in [2.24, 2.45) is 0 Å². The smallest absolute Gasteiger partial charge is 0.338 e. The van der Waals surface area contributed by atoms with E-state index in [1.165, 1.54) is 7.11 Å². The van der Waals surface area contributed by atoms with Crippen molar-refractivity contribution in [1.29, 1.82) is 0 Å². The van der Waals surface area contributed by atoms with E-state index in [1.54, 1.807) is 6.07 Å². The normalized spacial score (nSPS) is 26.5. The fraction of sp³-hybridized carbons (Fsp3) is 0.351. The van der Waals surface area contributed by atoms with Gasteiger partial charge < -0.3 is 57.2 Å². The number of carbonyl (C=O) groups excluding carboxylic acids is 1. The Balaban J connectivity index is 1.07. The Hall–Kier alpha value is -5.65. The third-order valence-corrected chi connectivity index (χ3v) is 12.6. The van der Waals surface area contributed by atoms with E-state index in [0.717, 1.165) is 38.9 Å². The summed E-state index contributed by atoms with van der Waals surface area (Å²) >= 11 is 0. The molecule has 366 valence electrons. The molecule has 13 heteroatoms. The lowest BCUT2D eigenvalue weighted by Gasteiger charge is -2.50. The van der Waals surface area contributed by atoms with E-state index in [-0.39, 0.29) is 46.2 Å². The lowest BCUT2D eigenvalue weighted by Crippen LogP contribution is -2.67. The summed E-state index contributed by atoms with van der Waals surface area (Å²) in [5, 5.41) is 12.4. The highest BCUT2D eigenvalue weighted by Crippen LogP contribution is 2.39. The fourth-order valence-corrected chi connectivity index (χ4v) is 8.90. The van der Waals surface area contributed by atoms with Crippen LogP contribution in [0, 0.1) is 6.92 Å². The molecule has 0 saturated carbocycles. The maximum Gasteiger partial charge on any atom is 0.338 e. The first-order chi connectivity index (χ1) is 34.4. The molecule has 9 rings (SSSR count). The van der Waals surface area contributed by atoms with Gasteiger partial charge in [-0.05, 0) is 46.4 Å². The number of hydrogen-bond donors (Lipinski definition) is 1. The van der Waals surface area contributed by atoms with Crippen molar-refractivity contribution < 1.29 is 62.0 Å². The molecule has 1 N–H and O–H groups in total. The maximum absolute atomic E-state index is 12.7. The van der Waals surface area contributed by atoms with Gasteiger partial charge in [-0.1, -0.05) is 164 Å². The van der Waals surface area contributed by atoms with Crippen LogP contribution >= 0.6 is 0 Å². The van der Waals surface area contributed by atoms with E-state index in [9.17, 15) is 9.90 Å². The topological polar surface area (TPSA) is 139 Å². The molecule has 11 atom stereocenters. The van der Waals surface area contributed by atoms with Gasteiger partial charge in [0.2, 0.25) is 0 Å². The first kappa shape index (κ1) is 49.3. The van der Waals surface area contributed by atoms with E-state index < -0.39 is 73.7 Å². The molecule has 0 unspecified atom stereocenters. The third-order valence-electron chi connectivity index (χ3n) is 12.6. The van der Waals surface area contributed by atoms with E-state index in [4.69, 9.17) is 52.1 Å². The first-order valence-electron chi connectivity index (χ1n) is 23.7. The summed E-state index contributed by atoms with van der Waals surface area (Å²) in [5.41, 5.74) is 6.47. The Morgan fingerprint density at radius 3 is 1.66 bits per heavy atom. The summed E-state index contributed by atoms with van der Waals surface area (Å²) in [5.74, 6) is -0.438. The molecule has 6 aromatic rings. The van der Waals surface area contributed by atoms with Gasteiger partial charge in [-0.15, -0.1) is 0 Å². The zero-order chi connectivity index (χ0) is 48.1. The molecule has 3 aliphatic rings. The largest absolute Gasteiger partial charge is 0.465 e. The van der Waals surface area contributed by atoms with Gasteiger partial charge >= 0.3 is 5.97 Å². The Morgan fingerprint density at radius 2 is 1.09 bits per heavy atom. The highest BCUT2D eigenvalue weighted by atomic mass is 16.8. The van der Waals surface area contributed by atoms with Crippen LogP contribution in [0.15, 0.2) is 170 Å². The SMILES string of the molecule is COC(=O)c1cc(COC[C@H]2O[C@H](OCc3ccccc3)[C@H](OCc3ccccc3)[C@@H](OCc3ccccc3)[C@@H]2O[C@@H]2O[C@@H]3CO[C@@H](c4ccccc4)O[C@H]3[C@H](O)[C@H]2OCc2ccccc2)ccc1C. The maximum atomic E-state index is 12.7. The monoisotopic (exact) mass is 952 g/mol. The van der Waals surface area contributed by atoms with Gasteiger partial charge in [0.25, 0.3) is 0 Å². The Morgan fingerprint density at radius 1 is 0.557 bits per heavy atom. The number of methoxy groups -OCH3 is 1. The fourth-order valence-electron chi connectivity index (χ4n) is 8.90. The number of benzene rings is 6. The molecule has 0 aliphatic carbocycles. The second-order valence-electron chi connectivity index (χ2n) is 17.6. The molecule has 3 heterocycles. The molecule has 0 bridgehead atoms. The van der Waals surface area contributed by atoms with Crippen molar-refractivity contribution >= 4 is 5.97 Å². The number of esters is 1. The van der Waals surface area contributed by atoms with E-state index >= 15 is 0 Å². The van der Waals surface area contributed by atoms with Crippen molar-refractivity contribution in [3.8, 4) is 0 Å². The standard InChI is InChI=1S/C57H60O13/c1-38-28-29-43(30-45(38)54(59)60-2)31-61-36-46-50(70-57-51(62-32-39-18-8-3-9-19-39)48(58)49-47(68-57)37-66-55(69-49)44-26-16-7-17-27-44)52(63-33-40-20-10-4-11-21-40)53(64-34-41-22-12-5-13-23-41)56(67-46)65-35-42-24-14-6-15-25-42/h3-30,46-53,55-58H,31-37H2,1-2H3/t46-,47-,48+,49-,50-,51-,52+,53-,55-,56+,57+/m1/s1. The van der Waals surface area contributed by atoms with Gasteiger partial charge in [-0.2, -0.15) is 0 Å². The Bertz CT molecular complexity index is 2500. The number of aliphatic hydroxyl groups excluding tert-OH is 1. The van der Waals surface area contributed by atoms with Crippen molar-refractivity contribution in [1.82, 2.24) is 0 Å². The molecule has 70 heavy (non-hydrogen) atoms. The predicted molar refractivity (Wildman–Crippen MR) is 257 cm³/mol. The van der Waals surface area contributed by atoms with Crippen LogP contribution in [0.25, 0.3) is 0 Å². The number of fused-ring (bicyclic) bond motifs is 1. The van der Waals surface area contributed by atoms with Crippen molar-refractivity contribution in [2.45, 2.75) is 108 Å². The minimum absolute atomic E-state index is 0.0181. The summed E-state index contributed by atoms with van der Waals surface area (Å²) < 4.78 is 72.4. The average molecular weight is 953 g/mol. The van der Waals surface area contributed by atoms with Gasteiger partial charge in [0.05, 0.1) is 58.9 Å². The average Bonchev–Trinajstić information content (AvgIpc) is 3.41. The molecule has 0 aromatic heterocycles. The van der Waals surface area contributed by atoms with Gasteiger partial charge in [-0.25, -0.2) is 4.79 Å². The zero-order valence-electron chi connectivity index (χ0n) is 39.3. The molecule has 0 amide bonds. The lowest BCUT2D eigenvalue weighted by atomic mass is 9.95. The van der Waals surface area contributed by atoms with Gasteiger partial charge in [0.15, 0.2) is 18.9 Å². The molecule has 3 saturated heterocycles. The quantitative estimate of drug-likeness (QED) is 0.0732. The van der Waals surface area contributed by atoms with Crippen LogP contribution < -0.4 is 0 Å². The van der Waals surface area contributed by atoms with Crippen molar-refractivity contribution in [2.75, 3.05) is 20.3 Å². The molecular weight excluding hydrogens is 893 g/mol. The predicted octanol–water partition coefficient (Wildman–Crippen LogP) is 8.58. The summed E-state index contributed by atoms with van der Waals surface area (Å²) in [7, 11) is 1.36. The van der Waals surface area contributed by atoms with Crippen molar-refractivity contribution in [3.05, 3.63) is 214 Å². The first-order valence-corrected chi connectivity index (χ1v) is 23.7. The van der Waals surface area contributed by atoms with E-state index in [2.05, 4.69) is 0 Å². The van der Waals surface area contributed by atoms with Crippen LogP contribution in [0.5, 0.6) is 0 Å². The molecule has 0 spiro atoms. The van der Waals surface area contributed by atoms with Gasteiger partial charge in [0, 0.05) is 5.56 Å². The minimum atomic E-state index is -1.22. The number of rotatable bonds is 20. The van der Waals surface area contributed by atoms with Gasteiger partial charge in [-0.3, -0.25) is 0 Å². The number of hydrogen-bond acceptors (Lipinski definition) is 13. The zero-order valence-corrected chi connectivity index (χ0v) is 39.3. The lowest BCUT2D eigenvalue weighted by molar-refractivity contribution is -0.394. The summed E-state index contributed by atoms with van der Waals surface area (Å²) in [6.07, 6.45) is -10.4. The van der Waals surface area contributed by atoms with E-state index in [1.807, 2.05) is 171 Å². The van der Waals surface area contributed by atoms with Gasteiger partial charge in [0.1, 0.15) is 48.8 Å². The van der Waals surface area contributed by atoms with Crippen molar-refractivity contribution in [3.63, 3.8) is 0 Å². The number of aryl methyl sites for hydroxylation is 1. The number of ether oxygens (including phenoxy) is 11. The second-order valence-corrected chi connectivity index (χ2v) is 17.6. The second kappa shape index (κ2) is 24.5. The summed E-state index contributed by atoms with van der Waals surface area (Å²) in [6.45, 7) is 2.81. The number of carbonyl (C=O) groups is 1. The van der Waals surface area contributed by atoms with Crippen LogP contribution in [0.3, 0.4) is 0 Å². The molecular formula is C57H60O13. The molecule has 13 nitrogen and oxygen atoms in total. The summed E-state index contributed by atoms with van der Waals surface area (Å²) in [4.78, 5) is 12.7. The van der Waals surface area contributed by atoms with Crippen LogP contribution in [0.2, 0.25) is 0 Å². The van der Waals surface area contributed by atoms with E-state index in [0.29, 0.717) is 5.56 Å². The number of aliphatic hydroxyl groups is 1. The van der Waals surface area contributed by atoms with Crippen LogP contribution in [-0.4, -0.2) is 92.8 Å². The summed E-state index contributed by atoms with van der Waals surface area (Å²) in [6, 6.07) is 54.3. The molecule has 6 aromatic carbocycles. The molecule has 3 fully saturated rings. The highest BCUT2D eigenvalue weighted by Gasteiger charge is 2.55. The van der Waals surface area contributed by atoms with Crippen LogP contribution in [0.1, 0.15) is 55.6 Å². The third kappa shape index (κ3) is 12.6.